The molecule has 0 saturated carbocycles. The number of rotatable bonds is 1. The van der Waals surface area contributed by atoms with Crippen LogP contribution in [0, 0.1) is 0 Å². The van der Waals surface area contributed by atoms with Crippen LogP contribution in [0.4, 0.5) is 0 Å². The molecule has 2 rings (SSSR count). The average molecular weight is 176 g/mol. The van der Waals surface area contributed by atoms with Gasteiger partial charge in [0.15, 0.2) is 0 Å². The SMILES string of the molecule is CN1CC[C@@H](N)[C@H]1c1ccccc1. The first-order valence-corrected chi connectivity index (χ1v) is 4.80. The Morgan fingerprint density at radius 2 is 2.00 bits per heavy atom. The standard InChI is InChI=1S/C11H16N2/c1-13-8-7-10(12)11(13)9-5-3-2-4-6-9/h2-6,10-11H,7-8,12H2,1H3/t10-,11-/m1/s1. The first kappa shape index (κ1) is 8.73. The maximum absolute atomic E-state index is 6.06. The van der Waals surface area contributed by atoms with Gasteiger partial charge in [0.2, 0.25) is 0 Å². The molecule has 0 bridgehead atoms. The monoisotopic (exact) mass is 176 g/mol. The Hall–Kier alpha value is -0.860. The van der Waals surface area contributed by atoms with Crippen LogP contribution in [0.15, 0.2) is 30.3 Å². The highest BCUT2D eigenvalue weighted by atomic mass is 15.2. The van der Waals surface area contributed by atoms with Gasteiger partial charge in [-0.15, -0.1) is 0 Å². The van der Waals surface area contributed by atoms with E-state index in [0.717, 1.165) is 13.0 Å². The molecule has 1 saturated heterocycles. The number of hydrogen-bond acceptors (Lipinski definition) is 2. The van der Waals surface area contributed by atoms with Crippen LogP contribution in [0.5, 0.6) is 0 Å². The molecule has 0 unspecified atom stereocenters. The van der Waals surface area contributed by atoms with Gasteiger partial charge in [-0.2, -0.15) is 0 Å². The number of nitrogens with two attached hydrogens (primary N) is 1. The van der Waals surface area contributed by atoms with E-state index in [0.29, 0.717) is 12.1 Å². The molecule has 1 fully saturated rings. The van der Waals surface area contributed by atoms with E-state index >= 15 is 0 Å². The Morgan fingerprint density at radius 3 is 2.54 bits per heavy atom. The molecule has 1 heterocycles. The zero-order valence-electron chi connectivity index (χ0n) is 7.98. The van der Waals surface area contributed by atoms with Crippen molar-refractivity contribution in [3.8, 4) is 0 Å². The summed E-state index contributed by atoms with van der Waals surface area (Å²) in [6.07, 6.45) is 1.11. The summed E-state index contributed by atoms with van der Waals surface area (Å²) in [7, 11) is 2.14. The molecular formula is C11H16N2. The Balaban J connectivity index is 2.25. The molecule has 1 aromatic rings. The van der Waals surface area contributed by atoms with Crippen molar-refractivity contribution in [1.29, 1.82) is 0 Å². The molecule has 13 heavy (non-hydrogen) atoms. The third-order valence-corrected chi connectivity index (χ3v) is 2.84. The van der Waals surface area contributed by atoms with Crippen LogP contribution in [0.3, 0.4) is 0 Å². The summed E-state index contributed by atoms with van der Waals surface area (Å²) in [5.74, 6) is 0. The normalized spacial score (nSPS) is 29.4. The van der Waals surface area contributed by atoms with Crippen molar-refractivity contribution in [3.05, 3.63) is 35.9 Å². The number of nitrogens with zero attached hydrogens (tertiary/aromatic N) is 1. The number of likely N-dealkylation sites (tertiary alicyclic amines) is 1. The highest BCUT2D eigenvalue weighted by Crippen LogP contribution is 2.28. The highest BCUT2D eigenvalue weighted by molar-refractivity contribution is 5.21. The maximum Gasteiger partial charge on any atom is 0.0496 e. The summed E-state index contributed by atoms with van der Waals surface area (Å²) in [5, 5.41) is 0. The lowest BCUT2D eigenvalue weighted by Crippen LogP contribution is -2.29. The van der Waals surface area contributed by atoms with Crippen LogP contribution >= 0.6 is 0 Å². The highest BCUT2D eigenvalue weighted by Gasteiger charge is 2.29. The smallest absolute Gasteiger partial charge is 0.0496 e. The summed E-state index contributed by atoms with van der Waals surface area (Å²) in [6.45, 7) is 1.11. The molecule has 1 aromatic carbocycles. The third kappa shape index (κ3) is 1.60. The second-order valence-corrected chi connectivity index (χ2v) is 3.79. The number of hydrogen-bond donors (Lipinski definition) is 1. The van der Waals surface area contributed by atoms with Crippen LogP contribution in [-0.4, -0.2) is 24.5 Å². The quantitative estimate of drug-likeness (QED) is 0.700. The van der Waals surface area contributed by atoms with Crippen molar-refractivity contribution >= 4 is 0 Å². The fourth-order valence-corrected chi connectivity index (χ4v) is 2.13. The lowest BCUT2D eigenvalue weighted by molar-refractivity contribution is 0.304. The van der Waals surface area contributed by atoms with Crippen LogP contribution in [0.25, 0.3) is 0 Å². The molecule has 1 aliphatic heterocycles. The van der Waals surface area contributed by atoms with Crippen molar-refractivity contribution in [1.82, 2.24) is 4.90 Å². The van der Waals surface area contributed by atoms with Gasteiger partial charge in [-0.1, -0.05) is 30.3 Å². The summed E-state index contributed by atoms with van der Waals surface area (Å²) in [5.41, 5.74) is 7.40. The van der Waals surface area contributed by atoms with E-state index in [1.807, 2.05) is 6.07 Å². The average Bonchev–Trinajstić information content (AvgIpc) is 2.48. The summed E-state index contributed by atoms with van der Waals surface area (Å²) in [6, 6.07) is 11.2. The van der Waals surface area contributed by atoms with E-state index in [1.54, 1.807) is 0 Å². The fourth-order valence-electron chi connectivity index (χ4n) is 2.13. The predicted molar refractivity (Wildman–Crippen MR) is 54.4 cm³/mol. The Bertz CT molecular complexity index is 261. The van der Waals surface area contributed by atoms with Gasteiger partial charge in [0.05, 0.1) is 0 Å². The maximum atomic E-state index is 6.06. The van der Waals surface area contributed by atoms with Gasteiger partial charge in [-0.25, -0.2) is 0 Å². The molecule has 2 atom stereocenters. The lowest BCUT2D eigenvalue weighted by Gasteiger charge is -2.22. The van der Waals surface area contributed by atoms with Gasteiger partial charge in [-0.05, 0) is 19.0 Å². The largest absolute Gasteiger partial charge is 0.326 e. The molecule has 0 radical (unpaired) electrons. The van der Waals surface area contributed by atoms with Gasteiger partial charge in [0.25, 0.3) is 0 Å². The van der Waals surface area contributed by atoms with E-state index in [1.165, 1.54) is 5.56 Å². The molecule has 0 aliphatic carbocycles. The second kappa shape index (κ2) is 3.48. The molecule has 0 amide bonds. The van der Waals surface area contributed by atoms with Gasteiger partial charge in [0.1, 0.15) is 0 Å². The van der Waals surface area contributed by atoms with Crippen LogP contribution in [0.1, 0.15) is 18.0 Å². The zero-order valence-corrected chi connectivity index (χ0v) is 7.98. The molecule has 0 aromatic heterocycles. The Kier molecular flexibility index (Phi) is 2.34. The van der Waals surface area contributed by atoms with E-state index in [-0.39, 0.29) is 0 Å². The van der Waals surface area contributed by atoms with Crippen LogP contribution in [-0.2, 0) is 0 Å². The molecule has 2 heteroatoms. The van der Waals surface area contributed by atoms with Gasteiger partial charge < -0.3 is 5.73 Å². The van der Waals surface area contributed by atoms with E-state index < -0.39 is 0 Å². The van der Waals surface area contributed by atoms with Gasteiger partial charge in [0, 0.05) is 18.6 Å². The Morgan fingerprint density at radius 1 is 1.31 bits per heavy atom. The van der Waals surface area contributed by atoms with Crippen molar-refractivity contribution < 1.29 is 0 Å². The summed E-state index contributed by atoms with van der Waals surface area (Å²) < 4.78 is 0. The second-order valence-electron chi connectivity index (χ2n) is 3.79. The van der Waals surface area contributed by atoms with E-state index in [4.69, 9.17) is 5.73 Å². The molecule has 1 aliphatic rings. The summed E-state index contributed by atoms with van der Waals surface area (Å²) >= 11 is 0. The van der Waals surface area contributed by atoms with Crippen LogP contribution < -0.4 is 5.73 Å². The minimum absolute atomic E-state index is 0.299. The minimum atomic E-state index is 0.299. The minimum Gasteiger partial charge on any atom is -0.326 e. The van der Waals surface area contributed by atoms with Crippen LogP contribution in [0.2, 0.25) is 0 Å². The molecule has 2 N–H and O–H groups in total. The molecular weight excluding hydrogens is 160 g/mol. The predicted octanol–water partition coefficient (Wildman–Crippen LogP) is 1.39. The van der Waals surface area contributed by atoms with Crippen molar-refractivity contribution in [3.63, 3.8) is 0 Å². The van der Waals surface area contributed by atoms with E-state index in [2.05, 4.69) is 36.2 Å². The van der Waals surface area contributed by atoms with Gasteiger partial charge >= 0.3 is 0 Å². The first-order chi connectivity index (χ1) is 6.29. The summed E-state index contributed by atoms with van der Waals surface area (Å²) in [4.78, 5) is 2.33. The van der Waals surface area contributed by atoms with Crippen molar-refractivity contribution in [2.45, 2.75) is 18.5 Å². The fraction of sp³-hybridized carbons (Fsp3) is 0.455. The first-order valence-electron chi connectivity index (χ1n) is 4.80. The number of likely N-dealkylation sites (N-methyl/N-ethyl adjacent to an activating group) is 1. The van der Waals surface area contributed by atoms with Gasteiger partial charge in [-0.3, -0.25) is 4.90 Å². The molecule has 0 spiro atoms. The van der Waals surface area contributed by atoms with Crippen molar-refractivity contribution in [2.75, 3.05) is 13.6 Å². The lowest BCUT2D eigenvalue weighted by atomic mass is 10.0. The molecule has 2 nitrogen and oxygen atoms in total. The zero-order chi connectivity index (χ0) is 9.26. The Labute approximate surface area is 79.4 Å². The third-order valence-electron chi connectivity index (χ3n) is 2.84. The molecule has 70 valence electrons. The van der Waals surface area contributed by atoms with Crippen molar-refractivity contribution in [2.24, 2.45) is 5.73 Å². The topological polar surface area (TPSA) is 29.3 Å². The van der Waals surface area contributed by atoms with E-state index in [9.17, 15) is 0 Å². The number of benzene rings is 1.